The zero-order chi connectivity index (χ0) is 14.9. The maximum Gasteiger partial charge on any atom is 0.254 e. The molecule has 0 unspecified atom stereocenters. The second kappa shape index (κ2) is 5.46. The van der Waals surface area contributed by atoms with E-state index in [1.54, 1.807) is 6.92 Å². The minimum atomic E-state index is -1.58. The van der Waals surface area contributed by atoms with Crippen LogP contribution in [0.25, 0.3) is 11.4 Å². The molecule has 7 heteroatoms. The van der Waals surface area contributed by atoms with Gasteiger partial charge in [-0.05, 0) is 19.1 Å². The Morgan fingerprint density at radius 3 is 2.35 bits per heavy atom. The van der Waals surface area contributed by atoms with E-state index in [-0.39, 0.29) is 24.4 Å². The SMILES string of the molecule is Cc1nc(-c2cc(F)c(F)c(F)c2)[nH]c(=O)c1CCO. The van der Waals surface area contributed by atoms with Crippen molar-refractivity contribution in [2.24, 2.45) is 0 Å². The van der Waals surface area contributed by atoms with E-state index in [9.17, 15) is 18.0 Å². The zero-order valence-corrected chi connectivity index (χ0v) is 10.5. The maximum absolute atomic E-state index is 13.2. The smallest absolute Gasteiger partial charge is 0.254 e. The van der Waals surface area contributed by atoms with Crippen LogP contribution < -0.4 is 5.56 Å². The maximum atomic E-state index is 13.2. The Bertz CT molecular complexity index is 690. The number of benzene rings is 1. The van der Waals surface area contributed by atoms with Crippen molar-refractivity contribution < 1.29 is 18.3 Å². The van der Waals surface area contributed by atoms with Crippen molar-refractivity contribution in [3.63, 3.8) is 0 Å². The van der Waals surface area contributed by atoms with Crippen LogP contribution in [0.1, 0.15) is 11.3 Å². The summed E-state index contributed by atoms with van der Waals surface area (Å²) >= 11 is 0. The number of halogens is 3. The normalized spacial score (nSPS) is 10.8. The van der Waals surface area contributed by atoms with E-state index in [0.717, 1.165) is 12.1 Å². The number of hydrogen-bond acceptors (Lipinski definition) is 3. The largest absolute Gasteiger partial charge is 0.396 e. The average Bonchev–Trinajstić information content (AvgIpc) is 2.39. The van der Waals surface area contributed by atoms with Crippen molar-refractivity contribution in [1.29, 1.82) is 0 Å². The molecule has 0 amide bonds. The lowest BCUT2D eigenvalue weighted by molar-refractivity contribution is 0.298. The molecule has 0 aliphatic carbocycles. The van der Waals surface area contributed by atoms with E-state index in [4.69, 9.17) is 5.11 Å². The summed E-state index contributed by atoms with van der Waals surface area (Å²) in [5.41, 5.74) is 0.0473. The van der Waals surface area contributed by atoms with Gasteiger partial charge in [0.05, 0.1) is 0 Å². The molecule has 0 aliphatic heterocycles. The fourth-order valence-electron chi connectivity index (χ4n) is 1.85. The van der Waals surface area contributed by atoms with Crippen LogP contribution in [0.15, 0.2) is 16.9 Å². The van der Waals surface area contributed by atoms with E-state index >= 15 is 0 Å². The number of aliphatic hydroxyl groups is 1. The number of rotatable bonds is 3. The summed E-state index contributed by atoms with van der Waals surface area (Å²) < 4.78 is 39.2. The van der Waals surface area contributed by atoms with E-state index < -0.39 is 23.0 Å². The van der Waals surface area contributed by atoms with Gasteiger partial charge in [-0.15, -0.1) is 0 Å². The Balaban J connectivity index is 2.57. The first kappa shape index (κ1) is 14.3. The molecule has 0 aliphatic rings. The molecule has 2 aromatic rings. The Hall–Kier alpha value is -2.15. The topological polar surface area (TPSA) is 66.0 Å². The molecule has 0 spiro atoms. The molecule has 0 radical (unpaired) electrons. The monoisotopic (exact) mass is 284 g/mol. The van der Waals surface area contributed by atoms with E-state index in [1.165, 1.54) is 0 Å². The highest BCUT2D eigenvalue weighted by atomic mass is 19.2. The molecule has 1 aromatic heterocycles. The number of nitrogens with zero attached hydrogens (tertiary/aromatic N) is 1. The molecule has 0 saturated heterocycles. The van der Waals surface area contributed by atoms with Gasteiger partial charge in [0.25, 0.3) is 5.56 Å². The molecule has 0 bridgehead atoms. The molecule has 20 heavy (non-hydrogen) atoms. The Labute approximate surface area is 111 Å². The van der Waals surface area contributed by atoms with Crippen molar-refractivity contribution in [3.8, 4) is 11.4 Å². The number of nitrogens with one attached hydrogen (secondary N) is 1. The summed E-state index contributed by atoms with van der Waals surface area (Å²) in [7, 11) is 0. The second-order valence-electron chi connectivity index (χ2n) is 4.21. The van der Waals surface area contributed by atoms with E-state index in [1.807, 2.05) is 0 Å². The van der Waals surface area contributed by atoms with E-state index in [2.05, 4.69) is 9.97 Å². The van der Waals surface area contributed by atoms with Gasteiger partial charge in [0.15, 0.2) is 17.5 Å². The Morgan fingerprint density at radius 2 is 1.85 bits per heavy atom. The van der Waals surface area contributed by atoms with Crippen LogP contribution in [-0.2, 0) is 6.42 Å². The number of aromatic nitrogens is 2. The quantitative estimate of drug-likeness (QED) is 0.843. The molecule has 0 fully saturated rings. The summed E-state index contributed by atoms with van der Waals surface area (Å²) in [4.78, 5) is 18.2. The lowest BCUT2D eigenvalue weighted by Gasteiger charge is -2.07. The average molecular weight is 284 g/mol. The van der Waals surface area contributed by atoms with Gasteiger partial charge in [0.2, 0.25) is 0 Å². The summed E-state index contributed by atoms with van der Waals surface area (Å²) in [5.74, 6) is -4.36. The summed E-state index contributed by atoms with van der Waals surface area (Å²) in [6.45, 7) is 1.32. The molecule has 1 aromatic carbocycles. The van der Waals surface area contributed by atoms with Crippen LogP contribution in [0.2, 0.25) is 0 Å². The van der Waals surface area contributed by atoms with Crippen LogP contribution in [0.3, 0.4) is 0 Å². The van der Waals surface area contributed by atoms with Gasteiger partial charge in [0, 0.05) is 29.8 Å². The third-order valence-corrected chi connectivity index (χ3v) is 2.84. The van der Waals surface area contributed by atoms with Crippen LogP contribution in [0, 0.1) is 24.4 Å². The fraction of sp³-hybridized carbons (Fsp3) is 0.231. The van der Waals surface area contributed by atoms with Crippen LogP contribution >= 0.6 is 0 Å². The first-order valence-electron chi connectivity index (χ1n) is 5.79. The number of H-pyrrole nitrogens is 1. The third-order valence-electron chi connectivity index (χ3n) is 2.84. The summed E-state index contributed by atoms with van der Waals surface area (Å²) in [5, 5.41) is 8.84. The first-order chi connectivity index (χ1) is 9.43. The minimum Gasteiger partial charge on any atom is -0.396 e. The van der Waals surface area contributed by atoms with Gasteiger partial charge < -0.3 is 10.1 Å². The molecular weight excluding hydrogens is 273 g/mol. The third kappa shape index (κ3) is 2.57. The Kier molecular flexibility index (Phi) is 3.89. The molecular formula is C13H11F3N2O2. The van der Waals surface area contributed by atoms with Crippen molar-refractivity contribution >= 4 is 0 Å². The number of aryl methyl sites for hydroxylation is 1. The molecule has 0 atom stereocenters. The zero-order valence-electron chi connectivity index (χ0n) is 10.5. The summed E-state index contributed by atoms with van der Waals surface area (Å²) in [6, 6.07) is 1.50. The first-order valence-corrected chi connectivity index (χ1v) is 5.79. The van der Waals surface area contributed by atoms with Crippen molar-refractivity contribution in [1.82, 2.24) is 9.97 Å². The van der Waals surface area contributed by atoms with Crippen molar-refractivity contribution in [3.05, 3.63) is 51.2 Å². The molecule has 2 N–H and O–H groups in total. The predicted octanol–water partition coefficient (Wildman–Crippen LogP) is 1.70. The minimum absolute atomic E-state index is 0.0630. The molecule has 2 rings (SSSR count). The molecule has 0 saturated carbocycles. The fourth-order valence-corrected chi connectivity index (χ4v) is 1.85. The number of aliphatic hydroxyl groups excluding tert-OH is 1. The number of aromatic amines is 1. The van der Waals surface area contributed by atoms with Gasteiger partial charge in [-0.3, -0.25) is 4.79 Å². The Morgan fingerprint density at radius 1 is 1.25 bits per heavy atom. The van der Waals surface area contributed by atoms with Gasteiger partial charge in [-0.25, -0.2) is 18.2 Å². The molecule has 1 heterocycles. The van der Waals surface area contributed by atoms with Crippen molar-refractivity contribution in [2.45, 2.75) is 13.3 Å². The predicted molar refractivity (Wildman–Crippen MR) is 65.7 cm³/mol. The lowest BCUT2D eigenvalue weighted by Crippen LogP contribution is -2.18. The van der Waals surface area contributed by atoms with E-state index in [0.29, 0.717) is 11.3 Å². The van der Waals surface area contributed by atoms with Gasteiger partial charge in [-0.1, -0.05) is 0 Å². The van der Waals surface area contributed by atoms with Crippen LogP contribution in [0.4, 0.5) is 13.2 Å². The molecule has 106 valence electrons. The lowest BCUT2D eigenvalue weighted by atomic mass is 10.1. The highest BCUT2D eigenvalue weighted by Gasteiger charge is 2.14. The van der Waals surface area contributed by atoms with Gasteiger partial charge in [0.1, 0.15) is 5.82 Å². The highest BCUT2D eigenvalue weighted by Crippen LogP contribution is 2.20. The van der Waals surface area contributed by atoms with Crippen molar-refractivity contribution in [2.75, 3.05) is 6.61 Å². The van der Waals surface area contributed by atoms with Gasteiger partial charge in [-0.2, -0.15) is 0 Å². The highest BCUT2D eigenvalue weighted by molar-refractivity contribution is 5.55. The number of hydrogen-bond donors (Lipinski definition) is 2. The van der Waals surface area contributed by atoms with Gasteiger partial charge >= 0.3 is 0 Å². The van der Waals surface area contributed by atoms with Crippen LogP contribution in [0.5, 0.6) is 0 Å². The standard InChI is InChI=1S/C13H11F3N2O2/c1-6-8(2-3-19)13(20)18-12(17-6)7-4-9(14)11(16)10(15)5-7/h4-5,19H,2-3H2,1H3,(H,17,18,20). The van der Waals surface area contributed by atoms with Crippen LogP contribution in [-0.4, -0.2) is 21.7 Å². The molecule has 4 nitrogen and oxygen atoms in total. The second-order valence-corrected chi connectivity index (χ2v) is 4.21. The summed E-state index contributed by atoms with van der Waals surface area (Å²) in [6.07, 6.45) is 0.126.